The summed E-state index contributed by atoms with van der Waals surface area (Å²) in [6.07, 6.45) is 3.35. The summed E-state index contributed by atoms with van der Waals surface area (Å²) in [5, 5.41) is 11.2. The molecule has 0 unspecified atom stereocenters. The lowest BCUT2D eigenvalue weighted by Crippen LogP contribution is -2.56. The lowest BCUT2D eigenvalue weighted by atomic mass is 9.97. The second-order valence-electron chi connectivity index (χ2n) is 11.4. The maximum Gasteiger partial charge on any atom is 0.408 e. The molecule has 2 aromatic carbocycles. The number of alkyl carbamates (subject to hydrolysis) is 1. The smallest absolute Gasteiger partial charge is 0.408 e. The van der Waals surface area contributed by atoms with Crippen LogP contribution < -0.4 is 21.3 Å². The summed E-state index contributed by atoms with van der Waals surface area (Å²) in [4.78, 5) is 64.3. The summed E-state index contributed by atoms with van der Waals surface area (Å²) in [6, 6.07) is 15.7. The lowest BCUT2D eigenvalue weighted by molar-refractivity contribution is -0.137. The van der Waals surface area contributed by atoms with E-state index in [1.807, 2.05) is 74.5 Å². The van der Waals surface area contributed by atoms with E-state index in [2.05, 4.69) is 21.3 Å². The Hall–Kier alpha value is -4.67. The zero-order chi connectivity index (χ0) is 32.6. The average Bonchev–Trinajstić information content (AvgIpc) is 3.42. The summed E-state index contributed by atoms with van der Waals surface area (Å²) in [5.41, 5.74) is 1.61. The molecule has 4 N–H and O–H groups in total. The Labute approximate surface area is 264 Å². The Bertz CT molecular complexity index is 1300. The Morgan fingerprint density at radius 3 is 2.13 bits per heavy atom. The number of amides is 4. The first-order valence-corrected chi connectivity index (χ1v) is 15.4. The molecule has 1 saturated heterocycles. The molecule has 0 radical (unpaired) electrons. The molecule has 1 aliphatic rings. The van der Waals surface area contributed by atoms with Crippen molar-refractivity contribution >= 4 is 29.8 Å². The highest BCUT2D eigenvalue weighted by molar-refractivity contribution is 5.92. The molecule has 11 nitrogen and oxygen atoms in total. The molecule has 242 valence electrons. The minimum atomic E-state index is -1.02. The zero-order valence-corrected chi connectivity index (χ0v) is 26.1. The van der Waals surface area contributed by atoms with Gasteiger partial charge in [0.15, 0.2) is 0 Å². The van der Waals surface area contributed by atoms with Crippen LogP contribution in [-0.2, 0) is 41.7 Å². The molecule has 0 saturated carbocycles. The van der Waals surface area contributed by atoms with Crippen LogP contribution in [0.25, 0.3) is 0 Å². The van der Waals surface area contributed by atoms with E-state index >= 15 is 0 Å². The fraction of sp³-hybridized carbons (Fsp3) is 0.441. The quantitative estimate of drug-likeness (QED) is 0.166. The van der Waals surface area contributed by atoms with Crippen LogP contribution in [0.3, 0.4) is 0 Å². The van der Waals surface area contributed by atoms with Crippen molar-refractivity contribution < 1.29 is 33.4 Å². The number of carbonyl (C=O) groups excluding carboxylic acids is 5. The number of carbonyl (C=O) groups is 5. The summed E-state index contributed by atoms with van der Waals surface area (Å²) >= 11 is 0. The van der Waals surface area contributed by atoms with Crippen LogP contribution in [0.1, 0.15) is 51.2 Å². The first kappa shape index (κ1) is 34.8. The molecule has 3 rings (SSSR count). The summed E-state index contributed by atoms with van der Waals surface area (Å²) in [5.74, 6) is -2.01. The molecule has 0 bridgehead atoms. The van der Waals surface area contributed by atoms with Crippen molar-refractivity contribution in [3.8, 4) is 0 Å². The third-order valence-corrected chi connectivity index (χ3v) is 7.22. The number of hydrogen-bond donors (Lipinski definition) is 4. The largest absolute Gasteiger partial charge is 0.463 e. The van der Waals surface area contributed by atoms with Gasteiger partial charge in [0.25, 0.3) is 0 Å². The molecule has 4 amide bonds. The van der Waals surface area contributed by atoms with Gasteiger partial charge in [-0.25, -0.2) is 9.59 Å². The van der Waals surface area contributed by atoms with E-state index in [4.69, 9.17) is 9.47 Å². The monoisotopic (exact) mass is 620 g/mol. The fourth-order valence-corrected chi connectivity index (χ4v) is 4.97. The van der Waals surface area contributed by atoms with Gasteiger partial charge < -0.3 is 30.7 Å². The van der Waals surface area contributed by atoms with E-state index in [0.29, 0.717) is 19.4 Å². The molecule has 4 atom stereocenters. The molecular formula is C34H44N4O7. The molecule has 1 aliphatic heterocycles. The normalized spacial score (nSPS) is 16.4. The highest BCUT2D eigenvalue weighted by Gasteiger charge is 2.31. The summed E-state index contributed by atoms with van der Waals surface area (Å²) < 4.78 is 10.3. The van der Waals surface area contributed by atoms with Crippen molar-refractivity contribution in [2.75, 3.05) is 13.2 Å². The van der Waals surface area contributed by atoms with E-state index < -0.39 is 42.0 Å². The molecule has 0 aliphatic carbocycles. The van der Waals surface area contributed by atoms with E-state index in [-0.39, 0.29) is 43.8 Å². The van der Waals surface area contributed by atoms with Crippen LogP contribution in [0, 0.1) is 11.8 Å². The third-order valence-electron chi connectivity index (χ3n) is 7.22. The van der Waals surface area contributed by atoms with Crippen LogP contribution in [0.4, 0.5) is 4.79 Å². The van der Waals surface area contributed by atoms with Crippen molar-refractivity contribution in [3.05, 3.63) is 83.9 Å². The predicted octanol–water partition coefficient (Wildman–Crippen LogP) is 3.19. The molecule has 0 aromatic heterocycles. The van der Waals surface area contributed by atoms with Crippen molar-refractivity contribution in [3.63, 3.8) is 0 Å². The highest BCUT2D eigenvalue weighted by Crippen LogP contribution is 2.17. The van der Waals surface area contributed by atoms with Gasteiger partial charge in [-0.15, -0.1) is 0 Å². The molecule has 2 aromatic rings. The Morgan fingerprint density at radius 2 is 1.53 bits per heavy atom. The second kappa shape index (κ2) is 18.2. The Kier molecular flexibility index (Phi) is 14.1. The molecule has 1 heterocycles. The van der Waals surface area contributed by atoms with Crippen molar-refractivity contribution in [2.24, 2.45) is 11.8 Å². The van der Waals surface area contributed by atoms with Gasteiger partial charge >= 0.3 is 12.1 Å². The van der Waals surface area contributed by atoms with Crippen molar-refractivity contribution in [2.45, 2.75) is 71.2 Å². The number of benzene rings is 2. The van der Waals surface area contributed by atoms with Gasteiger partial charge in [0.1, 0.15) is 18.7 Å². The van der Waals surface area contributed by atoms with Gasteiger partial charge in [-0.3, -0.25) is 14.4 Å². The molecular weight excluding hydrogens is 576 g/mol. The lowest BCUT2D eigenvalue weighted by Gasteiger charge is -2.26. The van der Waals surface area contributed by atoms with Gasteiger partial charge in [0.2, 0.25) is 17.7 Å². The van der Waals surface area contributed by atoms with Crippen LogP contribution in [0.2, 0.25) is 0 Å². The van der Waals surface area contributed by atoms with Crippen molar-refractivity contribution in [1.82, 2.24) is 21.3 Å². The van der Waals surface area contributed by atoms with Gasteiger partial charge in [-0.1, -0.05) is 80.6 Å². The van der Waals surface area contributed by atoms with E-state index in [1.54, 1.807) is 6.92 Å². The van der Waals surface area contributed by atoms with Crippen LogP contribution in [-0.4, -0.2) is 61.1 Å². The van der Waals surface area contributed by atoms with Crippen LogP contribution in [0.15, 0.2) is 72.8 Å². The minimum absolute atomic E-state index is 0.0431. The Balaban J connectivity index is 1.76. The van der Waals surface area contributed by atoms with E-state index in [1.165, 1.54) is 12.2 Å². The van der Waals surface area contributed by atoms with Gasteiger partial charge in [0, 0.05) is 31.0 Å². The third kappa shape index (κ3) is 12.5. The number of ether oxygens (including phenoxy) is 2. The van der Waals surface area contributed by atoms with Crippen molar-refractivity contribution in [1.29, 1.82) is 0 Å². The SMILES string of the molecule is CCOC(=O)/C=C/[C@H](C[C@H]1CCNC1=O)NC(=O)[C@H](Cc1ccccc1)NC(=O)[C@H](CC(C)C)NC(=O)OCc1ccccc1. The van der Waals surface area contributed by atoms with Gasteiger partial charge in [-0.05, 0) is 43.2 Å². The second-order valence-corrected chi connectivity index (χ2v) is 11.4. The zero-order valence-electron chi connectivity index (χ0n) is 26.1. The van der Waals surface area contributed by atoms with E-state index in [0.717, 1.165) is 11.1 Å². The van der Waals surface area contributed by atoms with Crippen LogP contribution >= 0.6 is 0 Å². The number of hydrogen-bond acceptors (Lipinski definition) is 7. The predicted molar refractivity (Wildman–Crippen MR) is 169 cm³/mol. The fourth-order valence-electron chi connectivity index (χ4n) is 4.97. The molecule has 0 spiro atoms. The summed E-state index contributed by atoms with van der Waals surface area (Å²) in [6.45, 7) is 6.31. The topological polar surface area (TPSA) is 152 Å². The summed E-state index contributed by atoms with van der Waals surface area (Å²) in [7, 11) is 0. The number of rotatable bonds is 16. The molecule has 1 fully saturated rings. The van der Waals surface area contributed by atoms with Gasteiger partial charge in [0.05, 0.1) is 6.61 Å². The standard InChI is InChI=1S/C34H44N4O7/c1-4-44-30(39)16-15-27(21-26-17-18-35-31(26)40)36-32(41)29(20-24-11-7-5-8-12-24)37-33(42)28(19-23(2)3)38-34(43)45-22-25-13-9-6-10-14-25/h5-16,23,26-29H,4,17-22H2,1-3H3,(H,35,40)(H,36,41)(H,37,42)(H,38,43)/b16-15+/t26-,27-,28+,29+/m1/s1. The molecule has 11 heteroatoms. The first-order valence-electron chi connectivity index (χ1n) is 15.4. The average molecular weight is 621 g/mol. The van der Waals surface area contributed by atoms with Crippen LogP contribution in [0.5, 0.6) is 0 Å². The maximum atomic E-state index is 13.8. The number of nitrogens with one attached hydrogen (secondary N) is 4. The van der Waals surface area contributed by atoms with E-state index in [9.17, 15) is 24.0 Å². The van der Waals surface area contributed by atoms with Gasteiger partial charge in [-0.2, -0.15) is 0 Å². The maximum absolute atomic E-state index is 13.8. The Morgan fingerprint density at radius 1 is 0.889 bits per heavy atom. The molecule has 45 heavy (non-hydrogen) atoms. The minimum Gasteiger partial charge on any atom is -0.463 e. The first-order chi connectivity index (χ1) is 21.6. The highest BCUT2D eigenvalue weighted by atomic mass is 16.5. The number of esters is 1.